The maximum Gasteiger partial charge on any atom is 0.318 e. The van der Waals surface area contributed by atoms with Gasteiger partial charge in [-0.25, -0.2) is 4.79 Å². The van der Waals surface area contributed by atoms with Gasteiger partial charge in [0.15, 0.2) is 5.82 Å². The largest absolute Gasteiger partial charge is 0.337 e. The van der Waals surface area contributed by atoms with Crippen LogP contribution in [0.4, 0.5) is 4.79 Å². The number of urea groups is 1. The Hall–Kier alpha value is -1.24. The first-order chi connectivity index (χ1) is 10.9. The van der Waals surface area contributed by atoms with Crippen molar-refractivity contribution in [1.82, 2.24) is 20.4 Å². The molecule has 2 heterocycles. The molecule has 6 nitrogen and oxygen atoms in total. The molecule has 1 aromatic rings. The van der Waals surface area contributed by atoms with E-state index in [4.69, 9.17) is 4.52 Å². The van der Waals surface area contributed by atoms with Gasteiger partial charge in [-0.3, -0.25) is 0 Å². The fourth-order valence-electron chi connectivity index (χ4n) is 3.30. The van der Waals surface area contributed by atoms with Crippen molar-refractivity contribution in [2.24, 2.45) is 0 Å². The lowest BCUT2D eigenvalue weighted by Crippen LogP contribution is -2.50. The number of nitrogens with zero attached hydrogens (tertiary/aromatic N) is 3. The van der Waals surface area contributed by atoms with E-state index in [0.717, 1.165) is 37.5 Å². The molecule has 2 aliphatic rings. The van der Waals surface area contributed by atoms with Gasteiger partial charge in [-0.05, 0) is 33.6 Å². The maximum absolute atomic E-state index is 12.4. The van der Waals surface area contributed by atoms with Crippen molar-refractivity contribution in [3.05, 3.63) is 11.7 Å². The summed E-state index contributed by atoms with van der Waals surface area (Å²) in [5.74, 6) is 2.71. The Labute approximate surface area is 141 Å². The zero-order valence-corrected chi connectivity index (χ0v) is 15.0. The summed E-state index contributed by atoms with van der Waals surface area (Å²) in [5.41, 5.74) is 0. The fraction of sp³-hybridized carbons (Fsp3) is 0.812. The number of carbonyl (C=O) groups excluding carboxylic acids is 1. The second-order valence-electron chi connectivity index (χ2n) is 7.17. The molecular weight excluding hydrogens is 312 g/mol. The number of hydrogen-bond acceptors (Lipinski definition) is 5. The van der Waals surface area contributed by atoms with Crippen LogP contribution >= 0.6 is 11.8 Å². The minimum Gasteiger partial charge on any atom is -0.337 e. The van der Waals surface area contributed by atoms with Crippen LogP contribution in [0.2, 0.25) is 0 Å². The van der Waals surface area contributed by atoms with E-state index in [1.54, 1.807) is 0 Å². The normalized spacial score (nSPS) is 23.0. The van der Waals surface area contributed by atoms with Gasteiger partial charge in [0.25, 0.3) is 0 Å². The minimum absolute atomic E-state index is 0.0495. The Bertz CT molecular complexity index is 554. The van der Waals surface area contributed by atoms with Crippen molar-refractivity contribution in [3.8, 4) is 0 Å². The lowest BCUT2D eigenvalue weighted by Gasteiger charge is -2.37. The van der Waals surface area contributed by atoms with E-state index in [2.05, 4.69) is 29.3 Å². The van der Waals surface area contributed by atoms with Crippen LogP contribution in [0.15, 0.2) is 4.52 Å². The molecule has 1 atom stereocenters. The average Bonchev–Trinajstić information content (AvgIpc) is 3.17. The number of thioether (sulfide) groups is 1. The molecule has 1 aliphatic carbocycles. The van der Waals surface area contributed by atoms with Crippen LogP contribution in [0.5, 0.6) is 0 Å². The summed E-state index contributed by atoms with van der Waals surface area (Å²) < 4.78 is 5.48. The molecule has 1 N–H and O–H groups in total. The highest BCUT2D eigenvalue weighted by Crippen LogP contribution is 2.33. The van der Waals surface area contributed by atoms with E-state index < -0.39 is 0 Å². The number of hydrogen-bond donors (Lipinski definition) is 1. The smallest absolute Gasteiger partial charge is 0.318 e. The SMILES string of the molecule is CC(NC(=O)N1CCSC(C)(C)C1)c1nc(C2CCCC2)no1. The van der Waals surface area contributed by atoms with E-state index in [1.807, 2.05) is 23.6 Å². The quantitative estimate of drug-likeness (QED) is 0.915. The van der Waals surface area contributed by atoms with Gasteiger partial charge < -0.3 is 14.7 Å². The van der Waals surface area contributed by atoms with Crippen molar-refractivity contribution in [3.63, 3.8) is 0 Å². The van der Waals surface area contributed by atoms with Gasteiger partial charge in [0.05, 0.1) is 0 Å². The third-order valence-electron chi connectivity index (χ3n) is 4.60. The van der Waals surface area contributed by atoms with Crippen molar-refractivity contribution in [2.45, 2.75) is 63.2 Å². The number of amides is 2. The highest BCUT2D eigenvalue weighted by Gasteiger charge is 2.31. The van der Waals surface area contributed by atoms with Crippen molar-refractivity contribution >= 4 is 17.8 Å². The summed E-state index contributed by atoms with van der Waals surface area (Å²) in [6.07, 6.45) is 4.76. The summed E-state index contributed by atoms with van der Waals surface area (Å²) >= 11 is 1.91. The van der Waals surface area contributed by atoms with Gasteiger partial charge in [-0.2, -0.15) is 16.7 Å². The number of nitrogens with one attached hydrogen (secondary N) is 1. The number of carbonyl (C=O) groups is 1. The monoisotopic (exact) mass is 338 g/mol. The highest BCUT2D eigenvalue weighted by molar-refractivity contribution is 8.00. The summed E-state index contributed by atoms with van der Waals surface area (Å²) in [4.78, 5) is 18.8. The molecule has 2 amide bonds. The molecule has 7 heteroatoms. The average molecular weight is 338 g/mol. The molecule has 3 rings (SSSR count). The molecule has 0 spiro atoms. The first kappa shape index (κ1) is 16.6. The first-order valence-corrected chi connectivity index (χ1v) is 9.46. The van der Waals surface area contributed by atoms with Crippen LogP contribution in [-0.4, -0.2) is 44.7 Å². The summed E-state index contributed by atoms with van der Waals surface area (Å²) in [5, 5.41) is 7.10. The van der Waals surface area contributed by atoms with E-state index in [-0.39, 0.29) is 16.8 Å². The van der Waals surface area contributed by atoms with Gasteiger partial charge in [-0.1, -0.05) is 18.0 Å². The van der Waals surface area contributed by atoms with Crippen LogP contribution in [0.3, 0.4) is 0 Å². The van der Waals surface area contributed by atoms with Crippen LogP contribution in [0.25, 0.3) is 0 Å². The van der Waals surface area contributed by atoms with Crippen molar-refractivity contribution < 1.29 is 9.32 Å². The lowest BCUT2D eigenvalue weighted by atomic mass is 10.1. The standard InChI is InChI=1S/C16H26N4O2S/c1-11(14-18-13(19-22-14)12-6-4-5-7-12)17-15(21)20-8-9-23-16(2,3)10-20/h11-12H,4-10H2,1-3H3,(H,17,21). The summed E-state index contributed by atoms with van der Waals surface area (Å²) in [6.45, 7) is 7.78. The van der Waals surface area contributed by atoms with Crippen molar-refractivity contribution in [2.75, 3.05) is 18.8 Å². The van der Waals surface area contributed by atoms with Crippen LogP contribution in [0, 0.1) is 0 Å². The molecule has 2 fully saturated rings. The molecule has 1 saturated carbocycles. The third-order valence-corrected chi connectivity index (χ3v) is 5.90. The third kappa shape index (κ3) is 4.00. The lowest BCUT2D eigenvalue weighted by molar-refractivity contribution is 0.188. The van der Waals surface area contributed by atoms with E-state index in [1.165, 1.54) is 12.8 Å². The second-order valence-corrected chi connectivity index (χ2v) is 8.98. The van der Waals surface area contributed by atoms with E-state index in [0.29, 0.717) is 11.8 Å². The first-order valence-electron chi connectivity index (χ1n) is 8.47. The van der Waals surface area contributed by atoms with E-state index in [9.17, 15) is 4.79 Å². The molecule has 1 aromatic heterocycles. The molecule has 0 bridgehead atoms. The highest BCUT2D eigenvalue weighted by atomic mass is 32.2. The zero-order chi connectivity index (χ0) is 16.4. The summed E-state index contributed by atoms with van der Waals surface area (Å²) in [6, 6.07) is -0.311. The van der Waals surface area contributed by atoms with Crippen LogP contribution in [0.1, 0.15) is 70.1 Å². The molecule has 0 radical (unpaired) electrons. The predicted molar refractivity (Wildman–Crippen MR) is 90.6 cm³/mol. The molecule has 23 heavy (non-hydrogen) atoms. The Kier molecular flexibility index (Phi) is 4.85. The Morgan fingerprint density at radius 3 is 2.87 bits per heavy atom. The fourth-order valence-corrected chi connectivity index (χ4v) is 4.41. The Balaban J connectivity index is 1.58. The molecule has 0 aromatic carbocycles. The van der Waals surface area contributed by atoms with Gasteiger partial charge in [0, 0.05) is 29.5 Å². The molecule has 1 aliphatic heterocycles. The zero-order valence-electron chi connectivity index (χ0n) is 14.2. The van der Waals surface area contributed by atoms with Crippen molar-refractivity contribution in [1.29, 1.82) is 0 Å². The number of aromatic nitrogens is 2. The Morgan fingerprint density at radius 1 is 1.43 bits per heavy atom. The predicted octanol–water partition coefficient (Wildman–Crippen LogP) is 3.33. The van der Waals surface area contributed by atoms with Gasteiger partial charge in [-0.15, -0.1) is 0 Å². The molecule has 1 saturated heterocycles. The summed E-state index contributed by atoms with van der Waals surface area (Å²) in [7, 11) is 0. The van der Waals surface area contributed by atoms with Gasteiger partial charge in [0.2, 0.25) is 5.89 Å². The minimum atomic E-state index is -0.261. The van der Waals surface area contributed by atoms with E-state index >= 15 is 0 Å². The van der Waals surface area contributed by atoms with Gasteiger partial charge >= 0.3 is 6.03 Å². The molecule has 128 valence electrons. The van der Waals surface area contributed by atoms with Crippen LogP contribution < -0.4 is 5.32 Å². The Morgan fingerprint density at radius 2 is 2.17 bits per heavy atom. The molecular formula is C16H26N4O2S. The number of rotatable bonds is 3. The topological polar surface area (TPSA) is 71.3 Å². The second kappa shape index (κ2) is 6.71. The van der Waals surface area contributed by atoms with Crippen LogP contribution in [-0.2, 0) is 0 Å². The maximum atomic E-state index is 12.4. The van der Waals surface area contributed by atoms with Gasteiger partial charge in [0.1, 0.15) is 6.04 Å². The molecule has 1 unspecified atom stereocenters.